The second-order valence-electron chi connectivity index (χ2n) is 9.73. The lowest BCUT2D eigenvalue weighted by molar-refractivity contribution is 1.18. The first-order chi connectivity index (χ1) is 19.2. The van der Waals surface area contributed by atoms with Crippen LogP contribution in [0.25, 0.3) is 66.3 Å². The molecule has 0 unspecified atom stereocenters. The third kappa shape index (κ3) is 4.67. The van der Waals surface area contributed by atoms with E-state index in [1.165, 1.54) is 32.7 Å². The molecule has 2 nitrogen and oxygen atoms in total. The van der Waals surface area contributed by atoms with E-state index in [0.29, 0.717) is 10.8 Å². The summed E-state index contributed by atoms with van der Waals surface area (Å²) in [5, 5.41) is 5.62. The van der Waals surface area contributed by atoms with Gasteiger partial charge in [0, 0.05) is 28.5 Å². The van der Waals surface area contributed by atoms with E-state index in [0.717, 1.165) is 27.8 Å². The normalized spacial score (nSPS) is 11.2. The van der Waals surface area contributed by atoms with Gasteiger partial charge >= 0.3 is 0 Å². The van der Waals surface area contributed by atoms with Crippen molar-refractivity contribution in [1.82, 2.24) is 9.97 Å². The van der Waals surface area contributed by atoms with Crippen molar-refractivity contribution < 1.29 is 0 Å². The molecule has 0 aliphatic rings. The molecule has 0 radical (unpaired) electrons. The molecular weight excluding hydrogens is 496 g/mol. The summed E-state index contributed by atoms with van der Waals surface area (Å²) in [6.45, 7) is 0. The monoisotopic (exact) mass is 518 g/mol. The van der Waals surface area contributed by atoms with E-state index in [4.69, 9.17) is 11.6 Å². The predicted molar refractivity (Wildman–Crippen MR) is 164 cm³/mol. The molecule has 0 N–H and O–H groups in total. The molecule has 7 aromatic rings. The van der Waals surface area contributed by atoms with Crippen LogP contribution in [0.2, 0.25) is 5.02 Å². The highest BCUT2D eigenvalue weighted by Gasteiger charge is 2.10. The Morgan fingerprint density at radius 3 is 1.31 bits per heavy atom. The average Bonchev–Trinajstić information content (AvgIpc) is 3.01. The first kappa shape index (κ1) is 23.3. The van der Waals surface area contributed by atoms with Crippen LogP contribution < -0.4 is 0 Å². The maximum absolute atomic E-state index is 6.06. The first-order valence-electron chi connectivity index (χ1n) is 12.9. The topological polar surface area (TPSA) is 25.8 Å². The van der Waals surface area contributed by atoms with E-state index in [1.807, 2.05) is 36.7 Å². The van der Waals surface area contributed by atoms with Crippen LogP contribution in [-0.2, 0) is 0 Å². The first-order valence-corrected chi connectivity index (χ1v) is 13.3. The Hall–Kier alpha value is -4.79. The molecule has 0 bridgehead atoms. The van der Waals surface area contributed by atoms with Gasteiger partial charge in [0.15, 0.2) is 5.82 Å². The van der Waals surface area contributed by atoms with Gasteiger partial charge in [0.25, 0.3) is 0 Å². The zero-order valence-corrected chi connectivity index (χ0v) is 21.8. The lowest BCUT2D eigenvalue weighted by Crippen LogP contribution is -1.91. The molecule has 0 aliphatic carbocycles. The Balaban J connectivity index is 1.36. The van der Waals surface area contributed by atoms with Gasteiger partial charge in [-0.2, -0.15) is 0 Å². The highest BCUT2D eigenvalue weighted by Crippen LogP contribution is 2.35. The van der Waals surface area contributed by atoms with E-state index < -0.39 is 0 Å². The van der Waals surface area contributed by atoms with Crippen molar-refractivity contribution in [2.24, 2.45) is 0 Å². The summed E-state index contributed by atoms with van der Waals surface area (Å²) in [6, 6.07) is 44.6. The van der Waals surface area contributed by atoms with Crippen molar-refractivity contribution in [3.63, 3.8) is 0 Å². The van der Waals surface area contributed by atoms with Crippen LogP contribution in [0.3, 0.4) is 0 Å². The van der Waals surface area contributed by atoms with E-state index in [-0.39, 0.29) is 0 Å². The fourth-order valence-corrected chi connectivity index (χ4v) is 5.22. The van der Waals surface area contributed by atoms with Crippen LogP contribution in [-0.4, -0.2) is 9.97 Å². The van der Waals surface area contributed by atoms with Gasteiger partial charge in [0.2, 0.25) is 0 Å². The smallest absolute Gasteiger partial charge is 0.159 e. The molecule has 1 heterocycles. The number of rotatable bonds is 4. The molecule has 6 aromatic carbocycles. The molecule has 39 heavy (non-hydrogen) atoms. The van der Waals surface area contributed by atoms with Crippen molar-refractivity contribution in [1.29, 1.82) is 0 Å². The number of halogens is 1. The molecule has 1 aromatic heterocycles. The highest BCUT2D eigenvalue weighted by molar-refractivity contribution is 6.30. The predicted octanol–water partition coefficient (Wildman–Crippen LogP) is 10.1. The number of benzene rings is 6. The van der Waals surface area contributed by atoms with E-state index in [2.05, 4.69) is 113 Å². The van der Waals surface area contributed by atoms with Crippen LogP contribution in [0.15, 0.2) is 140 Å². The third-order valence-corrected chi connectivity index (χ3v) is 7.44. The maximum Gasteiger partial charge on any atom is 0.159 e. The highest BCUT2D eigenvalue weighted by atomic mass is 35.5. The van der Waals surface area contributed by atoms with Crippen molar-refractivity contribution >= 4 is 33.1 Å². The van der Waals surface area contributed by atoms with Crippen LogP contribution >= 0.6 is 11.6 Å². The minimum atomic E-state index is 0.677. The van der Waals surface area contributed by atoms with Gasteiger partial charge in [-0.05, 0) is 104 Å². The molecule has 0 spiro atoms. The summed E-state index contributed by atoms with van der Waals surface area (Å²) in [4.78, 5) is 9.37. The molecule has 0 fully saturated rings. The van der Waals surface area contributed by atoms with Gasteiger partial charge in [0.1, 0.15) is 0 Å². The Kier molecular flexibility index (Phi) is 5.88. The van der Waals surface area contributed by atoms with Gasteiger partial charge in [-0.1, -0.05) is 84.4 Å². The summed E-state index contributed by atoms with van der Waals surface area (Å²) in [7, 11) is 0. The van der Waals surface area contributed by atoms with Crippen LogP contribution in [0.4, 0.5) is 0 Å². The van der Waals surface area contributed by atoms with Crippen molar-refractivity contribution in [3.8, 4) is 44.8 Å². The quantitative estimate of drug-likeness (QED) is 0.231. The van der Waals surface area contributed by atoms with Gasteiger partial charge in [-0.15, -0.1) is 0 Å². The third-order valence-electron chi connectivity index (χ3n) is 7.19. The number of hydrogen-bond donors (Lipinski definition) is 0. The lowest BCUT2D eigenvalue weighted by Gasteiger charge is -2.12. The fourth-order valence-electron chi connectivity index (χ4n) is 5.09. The minimum absolute atomic E-state index is 0.677. The SMILES string of the molecule is Clc1ccc(-c2ncc(-c3cc(-c4ccc5ccccc5c4)cc(-c4ccc5ccccc5c4)c3)cn2)cc1. The van der Waals surface area contributed by atoms with Gasteiger partial charge in [-0.3, -0.25) is 0 Å². The zero-order valence-electron chi connectivity index (χ0n) is 21.1. The second kappa shape index (κ2) is 9.83. The Bertz CT molecular complexity index is 1860. The molecular formula is C36H23ClN2. The summed E-state index contributed by atoms with van der Waals surface area (Å²) < 4.78 is 0. The largest absolute Gasteiger partial charge is 0.236 e. The van der Waals surface area contributed by atoms with Crippen molar-refractivity contribution in [2.75, 3.05) is 0 Å². The van der Waals surface area contributed by atoms with Gasteiger partial charge < -0.3 is 0 Å². The van der Waals surface area contributed by atoms with E-state index in [9.17, 15) is 0 Å². The molecule has 0 aliphatic heterocycles. The Labute approximate surface area is 232 Å². The summed E-state index contributed by atoms with van der Waals surface area (Å²) in [6.07, 6.45) is 3.81. The van der Waals surface area contributed by atoms with Gasteiger partial charge in [-0.25, -0.2) is 9.97 Å². The minimum Gasteiger partial charge on any atom is -0.236 e. The number of fused-ring (bicyclic) bond motifs is 2. The molecule has 0 atom stereocenters. The summed E-state index contributed by atoms with van der Waals surface area (Å²) in [5.74, 6) is 0.677. The van der Waals surface area contributed by atoms with Crippen LogP contribution in [0.5, 0.6) is 0 Å². The Morgan fingerprint density at radius 1 is 0.359 bits per heavy atom. The number of nitrogens with zero attached hydrogens (tertiary/aromatic N) is 2. The van der Waals surface area contributed by atoms with Crippen LogP contribution in [0, 0.1) is 0 Å². The molecule has 0 saturated heterocycles. The molecule has 184 valence electrons. The lowest BCUT2D eigenvalue weighted by atomic mass is 9.92. The molecule has 0 amide bonds. The van der Waals surface area contributed by atoms with E-state index in [1.54, 1.807) is 0 Å². The average molecular weight is 519 g/mol. The van der Waals surface area contributed by atoms with Crippen LogP contribution in [0.1, 0.15) is 0 Å². The zero-order chi connectivity index (χ0) is 26.2. The van der Waals surface area contributed by atoms with Crippen molar-refractivity contribution in [3.05, 3.63) is 145 Å². The second-order valence-corrected chi connectivity index (χ2v) is 10.2. The standard InChI is InChI=1S/C36H23ClN2/c37-35-15-13-26(14-16-35)36-38-22-34(23-39-36)33-20-31(29-11-9-24-5-1-3-7-27(24)17-29)19-32(21-33)30-12-10-25-6-2-4-8-28(25)18-30/h1-23H. The maximum atomic E-state index is 6.06. The summed E-state index contributed by atoms with van der Waals surface area (Å²) in [5.41, 5.74) is 7.65. The number of aromatic nitrogens is 2. The summed E-state index contributed by atoms with van der Waals surface area (Å²) >= 11 is 6.06. The van der Waals surface area contributed by atoms with Gasteiger partial charge in [0.05, 0.1) is 0 Å². The Morgan fingerprint density at radius 2 is 0.795 bits per heavy atom. The number of hydrogen-bond acceptors (Lipinski definition) is 2. The van der Waals surface area contributed by atoms with E-state index >= 15 is 0 Å². The fraction of sp³-hybridized carbons (Fsp3) is 0. The molecule has 7 rings (SSSR count). The van der Waals surface area contributed by atoms with Crippen molar-refractivity contribution in [2.45, 2.75) is 0 Å². The molecule has 3 heteroatoms. The molecule has 0 saturated carbocycles.